The molecule has 1 saturated heterocycles. The molecule has 1 aliphatic heterocycles. The van der Waals surface area contributed by atoms with Crippen molar-refractivity contribution in [2.75, 3.05) is 27.3 Å². The van der Waals surface area contributed by atoms with E-state index in [-0.39, 0.29) is 0 Å². The van der Waals surface area contributed by atoms with Gasteiger partial charge in [0.1, 0.15) is 6.17 Å². The van der Waals surface area contributed by atoms with Crippen molar-refractivity contribution in [3.63, 3.8) is 0 Å². The van der Waals surface area contributed by atoms with Crippen LogP contribution in [0.15, 0.2) is 12.1 Å². The quantitative estimate of drug-likeness (QED) is 0.895. The van der Waals surface area contributed by atoms with Crippen LogP contribution in [0.25, 0.3) is 0 Å². The molecule has 18 heavy (non-hydrogen) atoms. The van der Waals surface area contributed by atoms with Crippen molar-refractivity contribution < 1.29 is 13.9 Å². The zero-order valence-electron chi connectivity index (χ0n) is 11.1. The van der Waals surface area contributed by atoms with Crippen LogP contribution in [0.5, 0.6) is 11.5 Å². The van der Waals surface area contributed by atoms with Gasteiger partial charge < -0.3 is 14.8 Å². The lowest BCUT2D eigenvalue weighted by molar-refractivity contribution is 0.344. The van der Waals surface area contributed by atoms with Crippen LogP contribution in [0.1, 0.15) is 36.6 Å². The SMILES string of the molecule is COc1cc(C(C)F)c(C2CCNC2)cc1OC. The molecule has 4 heteroatoms. The number of alkyl halides is 1. The second-order valence-electron chi connectivity index (χ2n) is 4.64. The van der Waals surface area contributed by atoms with Crippen molar-refractivity contribution in [1.82, 2.24) is 5.32 Å². The maximum Gasteiger partial charge on any atom is 0.161 e. The summed E-state index contributed by atoms with van der Waals surface area (Å²) in [5.74, 6) is 1.62. The van der Waals surface area contributed by atoms with E-state index in [1.807, 2.05) is 6.07 Å². The lowest BCUT2D eigenvalue weighted by Gasteiger charge is -2.19. The largest absolute Gasteiger partial charge is 0.493 e. The zero-order valence-corrected chi connectivity index (χ0v) is 11.1. The first-order valence-corrected chi connectivity index (χ1v) is 6.28. The Kier molecular flexibility index (Phi) is 4.07. The highest BCUT2D eigenvalue weighted by atomic mass is 19.1. The highest BCUT2D eigenvalue weighted by Gasteiger charge is 2.24. The molecule has 1 aliphatic rings. The van der Waals surface area contributed by atoms with Crippen molar-refractivity contribution >= 4 is 0 Å². The predicted molar refractivity (Wildman–Crippen MR) is 69.3 cm³/mol. The molecule has 1 fully saturated rings. The molecule has 0 saturated carbocycles. The molecule has 0 radical (unpaired) electrons. The fourth-order valence-electron chi connectivity index (χ4n) is 2.53. The summed E-state index contributed by atoms with van der Waals surface area (Å²) in [6, 6.07) is 3.68. The van der Waals surface area contributed by atoms with E-state index in [0.717, 1.165) is 25.1 Å². The van der Waals surface area contributed by atoms with Crippen LogP contribution in [0.3, 0.4) is 0 Å². The third-order valence-corrected chi connectivity index (χ3v) is 3.52. The van der Waals surface area contributed by atoms with E-state index in [9.17, 15) is 4.39 Å². The van der Waals surface area contributed by atoms with Crippen molar-refractivity contribution in [1.29, 1.82) is 0 Å². The van der Waals surface area contributed by atoms with Crippen LogP contribution in [0.2, 0.25) is 0 Å². The number of ether oxygens (including phenoxy) is 2. The van der Waals surface area contributed by atoms with E-state index in [1.54, 1.807) is 27.2 Å². The van der Waals surface area contributed by atoms with Gasteiger partial charge in [0.2, 0.25) is 0 Å². The number of halogens is 1. The Labute approximate surface area is 107 Å². The minimum Gasteiger partial charge on any atom is -0.493 e. The second-order valence-corrected chi connectivity index (χ2v) is 4.64. The molecule has 0 aliphatic carbocycles. The molecule has 1 aromatic rings. The summed E-state index contributed by atoms with van der Waals surface area (Å²) in [5.41, 5.74) is 1.74. The van der Waals surface area contributed by atoms with Crippen LogP contribution < -0.4 is 14.8 Å². The van der Waals surface area contributed by atoms with Gasteiger partial charge in [-0.05, 0) is 49.1 Å². The Balaban J connectivity index is 2.47. The fraction of sp³-hybridized carbons (Fsp3) is 0.571. The average Bonchev–Trinajstić information content (AvgIpc) is 2.90. The molecule has 2 rings (SSSR count). The minimum atomic E-state index is -1.000. The van der Waals surface area contributed by atoms with Gasteiger partial charge in [0.15, 0.2) is 11.5 Å². The van der Waals surface area contributed by atoms with Gasteiger partial charge in [0, 0.05) is 6.54 Å². The molecule has 1 heterocycles. The number of methoxy groups -OCH3 is 2. The zero-order chi connectivity index (χ0) is 13.1. The van der Waals surface area contributed by atoms with E-state index in [0.29, 0.717) is 23.0 Å². The fourth-order valence-corrected chi connectivity index (χ4v) is 2.53. The molecule has 3 nitrogen and oxygen atoms in total. The third kappa shape index (κ3) is 2.43. The first kappa shape index (κ1) is 13.1. The van der Waals surface area contributed by atoms with Gasteiger partial charge in [0.25, 0.3) is 0 Å². The average molecular weight is 253 g/mol. The van der Waals surface area contributed by atoms with Gasteiger partial charge in [-0.2, -0.15) is 0 Å². The Hall–Kier alpha value is -1.29. The molecule has 2 atom stereocenters. The van der Waals surface area contributed by atoms with Gasteiger partial charge in [-0.25, -0.2) is 4.39 Å². The minimum absolute atomic E-state index is 0.359. The van der Waals surface area contributed by atoms with E-state index in [2.05, 4.69) is 5.32 Å². The smallest absolute Gasteiger partial charge is 0.161 e. The number of nitrogens with one attached hydrogen (secondary N) is 1. The van der Waals surface area contributed by atoms with E-state index in [1.165, 1.54) is 0 Å². The van der Waals surface area contributed by atoms with Gasteiger partial charge in [-0.1, -0.05) is 0 Å². The summed E-state index contributed by atoms with van der Waals surface area (Å²) >= 11 is 0. The van der Waals surface area contributed by atoms with Gasteiger partial charge in [-0.3, -0.25) is 0 Å². The maximum absolute atomic E-state index is 13.8. The number of hydrogen-bond donors (Lipinski definition) is 1. The molecular weight excluding hydrogens is 233 g/mol. The topological polar surface area (TPSA) is 30.5 Å². The highest BCUT2D eigenvalue weighted by molar-refractivity contribution is 5.49. The van der Waals surface area contributed by atoms with Gasteiger partial charge >= 0.3 is 0 Å². The van der Waals surface area contributed by atoms with E-state index < -0.39 is 6.17 Å². The second kappa shape index (κ2) is 5.57. The van der Waals surface area contributed by atoms with E-state index >= 15 is 0 Å². The monoisotopic (exact) mass is 253 g/mol. The van der Waals surface area contributed by atoms with Gasteiger partial charge in [-0.15, -0.1) is 0 Å². The number of benzene rings is 1. The molecule has 1 N–H and O–H groups in total. The predicted octanol–water partition coefficient (Wildman–Crippen LogP) is 2.81. The molecule has 100 valence electrons. The molecular formula is C14H20FNO2. The normalized spacial score (nSPS) is 20.8. The summed E-state index contributed by atoms with van der Waals surface area (Å²) in [7, 11) is 3.18. The third-order valence-electron chi connectivity index (χ3n) is 3.52. The Bertz CT molecular complexity index is 415. The van der Waals surface area contributed by atoms with Crippen LogP contribution in [-0.4, -0.2) is 27.3 Å². The molecule has 2 unspecified atom stereocenters. The standard InChI is InChI=1S/C14H20FNO2/c1-9(15)11-6-13(17-2)14(18-3)7-12(11)10-4-5-16-8-10/h6-7,9-10,16H,4-5,8H2,1-3H3. The first-order chi connectivity index (χ1) is 8.67. The van der Waals surface area contributed by atoms with Crippen LogP contribution >= 0.6 is 0 Å². The number of rotatable bonds is 4. The molecule has 0 spiro atoms. The molecule has 0 amide bonds. The van der Waals surface area contributed by atoms with Crippen LogP contribution in [0, 0.1) is 0 Å². The summed E-state index contributed by atoms with van der Waals surface area (Å²) in [6.07, 6.45) is 0.0373. The first-order valence-electron chi connectivity index (χ1n) is 6.28. The molecule has 1 aromatic carbocycles. The van der Waals surface area contributed by atoms with Crippen molar-refractivity contribution in [2.24, 2.45) is 0 Å². The summed E-state index contributed by atoms with van der Waals surface area (Å²) in [5, 5.41) is 3.31. The highest BCUT2D eigenvalue weighted by Crippen LogP contribution is 2.39. The van der Waals surface area contributed by atoms with Crippen LogP contribution in [-0.2, 0) is 0 Å². The molecule has 0 bridgehead atoms. The lowest BCUT2D eigenvalue weighted by atomic mass is 9.91. The lowest BCUT2D eigenvalue weighted by Crippen LogP contribution is -2.10. The van der Waals surface area contributed by atoms with Crippen molar-refractivity contribution in [3.05, 3.63) is 23.3 Å². The Morgan fingerprint density at radius 2 is 1.94 bits per heavy atom. The summed E-state index contributed by atoms with van der Waals surface area (Å²) < 4.78 is 24.3. The van der Waals surface area contributed by atoms with Gasteiger partial charge in [0.05, 0.1) is 14.2 Å². The Morgan fingerprint density at radius 3 is 2.44 bits per heavy atom. The van der Waals surface area contributed by atoms with Crippen LogP contribution in [0.4, 0.5) is 4.39 Å². The number of hydrogen-bond acceptors (Lipinski definition) is 3. The maximum atomic E-state index is 13.8. The van der Waals surface area contributed by atoms with Crippen molar-refractivity contribution in [3.8, 4) is 11.5 Å². The molecule has 0 aromatic heterocycles. The summed E-state index contributed by atoms with van der Waals surface area (Å²) in [4.78, 5) is 0. The summed E-state index contributed by atoms with van der Waals surface area (Å²) in [6.45, 7) is 3.45. The Morgan fingerprint density at radius 1 is 1.28 bits per heavy atom. The van der Waals surface area contributed by atoms with Crippen molar-refractivity contribution in [2.45, 2.75) is 25.4 Å². The van der Waals surface area contributed by atoms with E-state index in [4.69, 9.17) is 9.47 Å².